The number of rotatable bonds is 16. The minimum Gasteiger partial charge on any atom is -0.467 e. The van der Waals surface area contributed by atoms with Crippen LogP contribution >= 0.6 is 0 Å². The van der Waals surface area contributed by atoms with Gasteiger partial charge >= 0.3 is 11.9 Å². The molecular formula is C55H52N6O5. The molecule has 0 aliphatic carbocycles. The van der Waals surface area contributed by atoms with E-state index in [9.17, 15) is 14.4 Å². The third-order valence-corrected chi connectivity index (χ3v) is 10.5. The molecule has 0 radical (unpaired) electrons. The minimum absolute atomic E-state index is 0. The van der Waals surface area contributed by atoms with Gasteiger partial charge in [0.1, 0.15) is 36.4 Å². The topological polar surface area (TPSA) is 145 Å². The number of anilines is 2. The second-order valence-electron chi connectivity index (χ2n) is 15.0. The summed E-state index contributed by atoms with van der Waals surface area (Å²) in [6.07, 6.45) is 4.80. The molecule has 8 aromatic rings. The third-order valence-electron chi connectivity index (χ3n) is 10.5. The van der Waals surface area contributed by atoms with Gasteiger partial charge in [0.25, 0.3) is 0 Å². The smallest absolute Gasteiger partial charge is 0.328 e. The first kappa shape index (κ1) is 47.2. The van der Waals surface area contributed by atoms with Crippen molar-refractivity contribution in [3.8, 4) is 22.5 Å². The van der Waals surface area contributed by atoms with Crippen LogP contribution in [0.25, 0.3) is 22.5 Å². The Bertz CT molecular complexity index is 2760. The number of esters is 2. The van der Waals surface area contributed by atoms with Crippen LogP contribution in [-0.4, -0.2) is 64.0 Å². The Labute approximate surface area is 386 Å². The van der Waals surface area contributed by atoms with Crippen molar-refractivity contribution >= 4 is 29.4 Å². The van der Waals surface area contributed by atoms with Gasteiger partial charge in [-0.3, -0.25) is 4.79 Å². The lowest BCUT2D eigenvalue weighted by Crippen LogP contribution is -2.33. The summed E-state index contributed by atoms with van der Waals surface area (Å²) < 4.78 is 9.96. The lowest BCUT2D eigenvalue weighted by atomic mass is 10.0. The number of ketones is 1. The van der Waals surface area contributed by atoms with E-state index < -0.39 is 12.1 Å². The van der Waals surface area contributed by atoms with Crippen molar-refractivity contribution in [3.63, 3.8) is 0 Å². The monoisotopic (exact) mass is 876 g/mol. The molecule has 2 heterocycles. The van der Waals surface area contributed by atoms with Crippen molar-refractivity contribution in [1.82, 2.24) is 19.9 Å². The lowest BCUT2D eigenvalue weighted by molar-refractivity contribution is -0.142. The molecule has 0 bridgehead atoms. The Kier molecular flexibility index (Phi) is 17.1. The molecule has 0 aliphatic heterocycles. The van der Waals surface area contributed by atoms with Crippen LogP contribution in [0.1, 0.15) is 45.6 Å². The Hall–Kier alpha value is -8.31. The molecule has 2 aromatic heterocycles. The fourth-order valence-electron chi connectivity index (χ4n) is 7.09. The molecule has 2 atom stereocenters. The van der Waals surface area contributed by atoms with Gasteiger partial charge < -0.3 is 20.1 Å². The summed E-state index contributed by atoms with van der Waals surface area (Å²) in [6.45, 7) is 0. The van der Waals surface area contributed by atoms with E-state index in [4.69, 9.17) is 9.47 Å². The maximum Gasteiger partial charge on any atom is 0.328 e. The number of benzene rings is 6. The normalized spacial score (nSPS) is 11.3. The number of nitrogens with one attached hydrogen (secondary N) is 2. The Morgan fingerprint density at radius 2 is 0.818 bits per heavy atom. The summed E-state index contributed by atoms with van der Waals surface area (Å²) in [5.74, 6) is 0.349. The van der Waals surface area contributed by atoms with Crippen LogP contribution < -0.4 is 10.6 Å². The largest absolute Gasteiger partial charge is 0.467 e. The zero-order chi connectivity index (χ0) is 45.2. The van der Waals surface area contributed by atoms with Gasteiger partial charge in [-0.15, -0.1) is 0 Å². The summed E-state index contributed by atoms with van der Waals surface area (Å²) in [5, 5.41) is 6.37. The summed E-state index contributed by atoms with van der Waals surface area (Å²) in [5.41, 5.74) is 9.10. The highest BCUT2D eigenvalue weighted by Gasteiger charge is 2.22. The molecule has 11 heteroatoms. The predicted octanol–water partition coefficient (Wildman–Crippen LogP) is 10.1. The van der Waals surface area contributed by atoms with Crippen molar-refractivity contribution in [3.05, 3.63) is 228 Å². The highest BCUT2D eigenvalue weighted by molar-refractivity contribution is 6.09. The van der Waals surface area contributed by atoms with E-state index in [1.807, 2.05) is 103 Å². The van der Waals surface area contributed by atoms with Crippen LogP contribution in [0.3, 0.4) is 0 Å². The number of ether oxygens (including phenoxy) is 2. The van der Waals surface area contributed by atoms with Gasteiger partial charge in [0, 0.05) is 47.2 Å². The second-order valence-corrected chi connectivity index (χ2v) is 15.0. The fourth-order valence-corrected chi connectivity index (χ4v) is 7.09. The molecule has 0 saturated carbocycles. The molecule has 8 rings (SSSR count). The lowest BCUT2D eigenvalue weighted by Gasteiger charge is -2.17. The molecule has 332 valence electrons. The van der Waals surface area contributed by atoms with E-state index in [-0.39, 0.29) is 25.1 Å². The number of nitrogens with zero attached hydrogens (tertiary/aromatic N) is 4. The van der Waals surface area contributed by atoms with Crippen LogP contribution in [0.5, 0.6) is 0 Å². The van der Waals surface area contributed by atoms with Crippen molar-refractivity contribution in [2.45, 2.75) is 38.8 Å². The Morgan fingerprint density at radius 1 is 0.455 bits per heavy atom. The maximum absolute atomic E-state index is 12.6. The average molecular weight is 877 g/mol. The summed E-state index contributed by atoms with van der Waals surface area (Å²) in [6, 6.07) is 57.2. The minimum atomic E-state index is -0.592. The van der Waals surface area contributed by atoms with Crippen LogP contribution in [0.4, 0.5) is 11.6 Å². The van der Waals surface area contributed by atoms with Crippen LogP contribution in [0, 0.1) is 0 Å². The summed E-state index contributed by atoms with van der Waals surface area (Å²) in [7, 11) is 2.76. The van der Waals surface area contributed by atoms with E-state index >= 15 is 0 Å². The number of methoxy groups -OCH3 is 2. The van der Waals surface area contributed by atoms with E-state index in [0.29, 0.717) is 41.3 Å². The first-order chi connectivity index (χ1) is 31.8. The third kappa shape index (κ3) is 13.4. The van der Waals surface area contributed by atoms with Gasteiger partial charge in [0.05, 0.1) is 25.6 Å². The Morgan fingerprint density at radius 3 is 1.24 bits per heavy atom. The van der Waals surface area contributed by atoms with E-state index in [1.165, 1.54) is 38.0 Å². The molecule has 2 unspecified atom stereocenters. The van der Waals surface area contributed by atoms with E-state index in [0.717, 1.165) is 34.4 Å². The van der Waals surface area contributed by atoms with Crippen molar-refractivity contribution in [1.29, 1.82) is 0 Å². The number of hydrogen-bond acceptors (Lipinski definition) is 11. The first-order valence-electron chi connectivity index (χ1n) is 21.1. The number of hydrogen-bond donors (Lipinski definition) is 2. The van der Waals surface area contributed by atoms with Crippen LogP contribution in [-0.2, 0) is 38.3 Å². The van der Waals surface area contributed by atoms with Gasteiger partial charge in [-0.1, -0.05) is 177 Å². The standard InChI is InChI=1S/C27H23N3O3.C27H25N3O2.CH4/c1-33-27(32)24(16-19-8-4-2-5-9-19)30-25-17-23(28-18-29-25)20-12-14-22(15-13-20)26(31)21-10-6-3-7-11-21;1-32-27(31)25(17-21-10-6-3-7-11-21)30-26-18-24(28-19-29-26)23-14-12-22(13-15-23)16-20-8-4-2-5-9-20;/h2-15,17-18,24H,16H2,1H3,(H,28,29,30);2-15,18-19,25H,16-17H2,1H3,(H,28,29,30);1H4. The van der Waals surface area contributed by atoms with E-state index in [1.54, 1.807) is 30.3 Å². The average Bonchev–Trinajstić information content (AvgIpc) is 3.37. The number of carbonyl (C=O) groups excluding carboxylic acids is 3. The molecule has 0 fully saturated rings. The quantitative estimate of drug-likeness (QED) is 0.0707. The highest BCUT2D eigenvalue weighted by atomic mass is 16.5. The molecule has 6 aromatic carbocycles. The first-order valence-corrected chi connectivity index (χ1v) is 21.1. The van der Waals surface area contributed by atoms with Crippen LogP contribution in [0.15, 0.2) is 195 Å². The molecule has 0 aliphatic rings. The molecule has 11 nitrogen and oxygen atoms in total. The molecule has 2 N–H and O–H groups in total. The van der Waals surface area contributed by atoms with Gasteiger partial charge in [-0.25, -0.2) is 29.5 Å². The molecule has 0 spiro atoms. The van der Waals surface area contributed by atoms with Crippen molar-refractivity contribution in [2.24, 2.45) is 0 Å². The van der Waals surface area contributed by atoms with Crippen molar-refractivity contribution in [2.75, 3.05) is 24.9 Å². The zero-order valence-corrected chi connectivity index (χ0v) is 36.1. The molecule has 0 amide bonds. The number of carbonyl (C=O) groups is 3. The van der Waals surface area contributed by atoms with Gasteiger partial charge in [0.2, 0.25) is 0 Å². The molecule has 0 saturated heterocycles. The SMILES string of the molecule is C.COC(=O)C(Cc1ccccc1)Nc1cc(-c2ccc(C(=O)c3ccccc3)cc2)ncn1.COC(=O)C(Cc1ccccc1)Nc1cc(-c2ccc(Cc3ccccc3)cc2)ncn1. The molecule has 66 heavy (non-hydrogen) atoms. The number of aromatic nitrogens is 4. The Balaban J connectivity index is 0.000000215. The van der Waals surface area contributed by atoms with Gasteiger partial charge in [0.15, 0.2) is 5.78 Å². The van der Waals surface area contributed by atoms with E-state index in [2.05, 4.69) is 79.1 Å². The van der Waals surface area contributed by atoms with Gasteiger partial charge in [-0.2, -0.15) is 0 Å². The predicted molar refractivity (Wildman–Crippen MR) is 260 cm³/mol. The summed E-state index contributed by atoms with van der Waals surface area (Å²) in [4.78, 5) is 54.6. The summed E-state index contributed by atoms with van der Waals surface area (Å²) >= 11 is 0. The van der Waals surface area contributed by atoms with Crippen LogP contribution in [0.2, 0.25) is 0 Å². The van der Waals surface area contributed by atoms with Crippen molar-refractivity contribution < 1.29 is 23.9 Å². The molecular weight excluding hydrogens is 825 g/mol. The highest BCUT2D eigenvalue weighted by Crippen LogP contribution is 2.23. The zero-order valence-electron chi connectivity index (χ0n) is 36.1. The maximum atomic E-state index is 12.6. The van der Waals surface area contributed by atoms with Gasteiger partial charge in [-0.05, 0) is 28.7 Å². The fraction of sp³-hybridized carbons (Fsp3) is 0.145. The second kappa shape index (κ2) is 23.9.